The van der Waals surface area contributed by atoms with Crippen LogP contribution in [0.5, 0.6) is 5.75 Å². The van der Waals surface area contributed by atoms with Gasteiger partial charge in [-0.05, 0) is 24.6 Å². The van der Waals surface area contributed by atoms with Crippen molar-refractivity contribution in [2.75, 3.05) is 6.61 Å². The number of aryl methyl sites for hydroxylation is 1. The zero-order valence-electron chi connectivity index (χ0n) is 13.0. The van der Waals surface area contributed by atoms with Crippen LogP contribution in [0.1, 0.15) is 16.7 Å². The van der Waals surface area contributed by atoms with Crippen LogP contribution in [0, 0.1) is 10.1 Å². The Morgan fingerprint density at radius 1 is 1.44 bits per heavy atom. The normalized spacial score (nSPS) is 10.8. The SMILES string of the molecule is CCc1sc(/C=N\NC(=O)COc2ccc(Cl)cc2Cl)cc1[N+](=O)[O-]. The first-order valence-corrected chi connectivity index (χ1v) is 8.64. The number of hydrogen-bond donors (Lipinski definition) is 1. The molecule has 7 nitrogen and oxygen atoms in total. The molecule has 10 heteroatoms. The molecular formula is C15H13Cl2N3O4S. The van der Waals surface area contributed by atoms with Crippen molar-refractivity contribution in [1.82, 2.24) is 5.43 Å². The zero-order chi connectivity index (χ0) is 18.4. The molecule has 0 fully saturated rings. The van der Waals surface area contributed by atoms with Gasteiger partial charge in [0.15, 0.2) is 6.61 Å². The highest BCUT2D eigenvalue weighted by atomic mass is 35.5. The third-order valence-corrected chi connectivity index (χ3v) is 4.69. The highest BCUT2D eigenvalue weighted by Crippen LogP contribution is 2.28. The Balaban J connectivity index is 1.89. The van der Waals surface area contributed by atoms with Crippen LogP contribution >= 0.6 is 34.5 Å². The van der Waals surface area contributed by atoms with Gasteiger partial charge in [-0.2, -0.15) is 5.10 Å². The molecule has 0 spiro atoms. The molecule has 0 unspecified atom stereocenters. The fourth-order valence-electron chi connectivity index (χ4n) is 1.85. The lowest BCUT2D eigenvalue weighted by Crippen LogP contribution is -2.24. The van der Waals surface area contributed by atoms with E-state index in [0.717, 1.165) is 0 Å². The van der Waals surface area contributed by atoms with Gasteiger partial charge in [0.05, 0.1) is 25.9 Å². The van der Waals surface area contributed by atoms with Crippen molar-refractivity contribution in [3.8, 4) is 5.75 Å². The fourth-order valence-corrected chi connectivity index (χ4v) is 3.25. The maximum Gasteiger partial charge on any atom is 0.283 e. The summed E-state index contributed by atoms with van der Waals surface area (Å²) in [7, 11) is 0. The molecule has 1 heterocycles. The number of amides is 1. The maximum absolute atomic E-state index is 11.7. The first-order chi connectivity index (χ1) is 11.9. The quantitative estimate of drug-likeness (QED) is 0.429. The summed E-state index contributed by atoms with van der Waals surface area (Å²) in [5.41, 5.74) is 2.34. The zero-order valence-corrected chi connectivity index (χ0v) is 15.3. The second-order valence-corrected chi connectivity index (χ2v) is 6.74. The lowest BCUT2D eigenvalue weighted by molar-refractivity contribution is -0.385. The molecule has 1 amide bonds. The summed E-state index contributed by atoms with van der Waals surface area (Å²) in [6, 6.07) is 6.07. The van der Waals surface area contributed by atoms with Crippen LogP contribution in [0.15, 0.2) is 29.4 Å². The Hall–Kier alpha value is -2.16. The van der Waals surface area contributed by atoms with E-state index in [4.69, 9.17) is 27.9 Å². The molecule has 0 saturated heterocycles. The second kappa shape index (κ2) is 8.80. The number of ether oxygens (including phenoxy) is 1. The van der Waals surface area contributed by atoms with Gasteiger partial charge in [-0.1, -0.05) is 30.1 Å². The van der Waals surface area contributed by atoms with Gasteiger partial charge in [0.25, 0.3) is 11.6 Å². The number of hydrogen-bond acceptors (Lipinski definition) is 6. The van der Waals surface area contributed by atoms with E-state index in [2.05, 4.69) is 10.5 Å². The van der Waals surface area contributed by atoms with Gasteiger partial charge in [-0.25, -0.2) is 5.43 Å². The number of benzene rings is 1. The number of thiophene rings is 1. The highest BCUT2D eigenvalue weighted by Gasteiger charge is 2.16. The van der Waals surface area contributed by atoms with Crippen molar-refractivity contribution in [2.45, 2.75) is 13.3 Å². The summed E-state index contributed by atoms with van der Waals surface area (Å²) in [5.74, 6) is -0.171. The third kappa shape index (κ3) is 5.42. The van der Waals surface area contributed by atoms with Gasteiger partial charge in [0.2, 0.25) is 0 Å². The topological polar surface area (TPSA) is 93.8 Å². The molecule has 132 valence electrons. The van der Waals surface area contributed by atoms with Gasteiger partial charge in [0.1, 0.15) is 5.75 Å². The molecule has 0 aliphatic rings. The van der Waals surface area contributed by atoms with E-state index in [0.29, 0.717) is 32.0 Å². The molecular weight excluding hydrogens is 389 g/mol. The predicted octanol–water partition coefficient (Wildman–Crippen LogP) is 4.05. The number of carbonyl (C=O) groups is 1. The number of halogens is 2. The lowest BCUT2D eigenvalue weighted by atomic mass is 10.3. The molecule has 0 atom stereocenters. The van der Waals surface area contributed by atoms with Crippen molar-refractivity contribution >= 4 is 52.3 Å². The molecule has 1 aromatic heterocycles. The molecule has 1 aromatic carbocycles. The smallest absolute Gasteiger partial charge is 0.283 e. The number of hydrazone groups is 1. The lowest BCUT2D eigenvalue weighted by Gasteiger charge is -2.06. The molecule has 2 rings (SSSR count). The van der Waals surface area contributed by atoms with Crippen molar-refractivity contribution in [3.63, 3.8) is 0 Å². The van der Waals surface area contributed by atoms with E-state index in [9.17, 15) is 14.9 Å². The van der Waals surface area contributed by atoms with Gasteiger partial charge < -0.3 is 4.74 Å². The van der Waals surface area contributed by atoms with Crippen LogP contribution in [-0.2, 0) is 11.2 Å². The number of rotatable bonds is 7. The molecule has 0 saturated carbocycles. The predicted molar refractivity (Wildman–Crippen MR) is 98.0 cm³/mol. The number of nitro groups is 1. The van der Waals surface area contributed by atoms with Gasteiger partial charge in [0, 0.05) is 11.1 Å². The van der Waals surface area contributed by atoms with E-state index in [1.165, 1.54) is 29.7 Å². The van der Waals surface area contributed by atoms with E-state index >= 15 is 0 Å². The number of carbonyl (C=O) groups excluding carboxylic acids is 1. The largest absolute Gasteiger partial charge is 0.482 e. The molecule has 25 heavy (non-hydrogen) atoms. The molecule has 0 aliphatic heterocycles. The standard InChI is InChI=1S/C15H13Cl2N3O4S/c1-2-14-12(20(22)23)6-10(25-14)7-18-19-15(21)8-24-13-4-3-9(16)5-11(13)17/h3-7H,2,8H2,1H3,(H,19,21)/b18-7-. The first kappa shape index (κ1) is 19.2. The molecule has 1 N–H and O–H groups in total. The Bertz CT molecular complexity index is 823. The Morgan fingerprint density at radius 3 is 2.80 bits per heavy atom. The number of nitrogens with zero attached hydrogens (tertiary/aromatic N) is 2. The van der Waals surface area contributed by atoms with Crippen LogP contribution in [0.25, 0.3) is 0 Å². The summed E-state index contributed by atoms with van der Waals surface area (Å²) in [4.78, 5) is 23.4. The van der Waals surface area contributed by atoms with E-state index in [1.54, 1.807) is 12.1 Å². The van der Waals surface area contributed by atoms with Crippen molar-refractivity contribution < 1.29 is 14.5 Å². The monoisotopic (exact) mass is 401 g/mol. The number of nitrogens with one attached hydrogen (secondary N) is 1. The van der Waals surface area contributed by atoms with Crippen LogP contribution in [0.4, 0.5) is 5.69 Å². The Morgan fingerprint density at radius 2 is 2.20 bits per heavy atom. The average Bonchev–Trinajstić information content (AvgIpc) is 2.97. The summed E-state index contributed by atoms with van der Waals surface area (Å²) >= 11 is 12.9. The van der Waals surface area contributed by atoms with Crippen molar-refractivity contribution in [1.29, 1.82) is 0 Å². The van der Waals surface area contributed by atoms with Crippen LogP contribution in [0.2, 0.25) is 10.0 Å². The minimum Gasteiger partial charge on any atom is -0.482 e. The summed E-state index contributed by atoms with van der Waals surface area (Å²) in [6.07, 6.45) is 1.90. The minimum absolute atomic E-state index is 0.0565. The average molecular weight is 402 g/mol. The summed E-state index contributed by atoms with van der Waals surface area (Å²) < 4.78 is 5.27. The van der Waals surface area contributed by atoms with E-state index in [1.807, 2.05) is 6.92 Å². The Labute approximate surface area is 157 Å². The van der Waals surface area contributed by atoms with Crippen molar-refractivity contribution in [3.05, 3.63) is 54.2 Å². The fraction of sp³-hybridized carbons (Fsp3) is 0.200. The van der Waals surface area contributed by atoms with Crippen LogP contribution < -0.4 is 10.2 Å². The summed E-state index contributed by atoms with van der Waals surface area (Å²) in [6.45, 7) is 1.55. The molecule has 0 radical (unpaired) electrons. The summed E-state index contributed by atoms with van der Waals surface area (Å²) in [5, 5.41) is 15.4. The van der Waals surface area contributed by atoms with Crippen LogP contribution in [-0.4, -0.2) is 23.7 Å². The maximum atomic E-state index is 11.7. The molecule has 0 bridgehead atoms. The first-order valence-electron chi connectivity index (χ1n) is 7.07. The van der Waals surface area contributed by atoms with Crippen molar-refractivity contribution in [2.24, 2.45) is 5.10 Å². The highest BCUT2D eigenvalue weighted by molar-refractivity contribution is 7.14. The third-order valence-electron chi connectivity index (χ3n) is 2.96. The minimum atomic E-state index is -0.496. The second-order valence-electron chi connectivity index (χ2n) is 4.72. The van der Waals surface area contributed by atoms with Gasteiger partial charge in [-0.15, -0.1) is 11.3 Å². The van der Waals surface area contributed by atoms with E-state index < -0.39 is 10.8 Å². The van der Waals surface area contributed by atoms with Crippen LogP contribution in [0.3, 0.4) is 0 Å². The molecule has 0 aliphatic carbocycles. The van der Waals surface area contributed by atoms with E-state index in [-0.39, 0.29) is 12.3 Å². The van der Waals surface area contributed by atoms with Gasteiger partial charge in [-0.3, -0.25) is 14.9 Å². The van der Waals surface area contributed by atoms with Gasteiger partial charge >= 0.3 is 0 Å². The Kier molecular flexibility index (Phi) is 6.74. The molecule has 2 aromatic rings.